The van der Waals surface area contributed by atoms with Crippen molar-refractivity contribution < 1.29 is 14.2 Å². The van der Waals surface area contributed by atoms with Crippen LogP contribution in [0.15, 0.2) is 24.3 Å². The van der Waals surface area contributed by atoms with Gasteiger partial charge in [0.25, 0.3) is 0 Å². The third-order valence-electron chi connectivity index (χ3n) is 4.18. The van der Waals surface area contributed by atoms with Gasteiger partial charge in [-0.3, -0.25) is 0 Å². The summed E-state index contributed by atoms with van der Waals surface area (Å²) in [6, 6.07) is 9.01. The van der Waals surface area contributed by atoms with Crippen molar-refractivity contribution in [1.82, 2.24) is 0 Å². The van der Waals surface area contributed by atoms with E-state index in [-0.39, 0.29) is 11.9 Å². The van der Waals surface area contributed by atoms with Gasteiger partial charge in [0.1, 0.15) is 0 Å². The molecule has 0 saturated carbocycles. The van der Waals surface area contributed by atoms with Crippen LogP contribution in [0.25, 0.3) is 0 Å². The molecule has 2 fully saturated rings. The van der Waals surface area contributed by atoms with Gasteiger partial charge >= 0.3 is 0 Å². The Morgan fingerprint density at radius 3 is 2.73 bits per heavy atom. The molecule has 0 spiro atoms. The predicted octanol–water partition coefficient (Wildman–Crippen LogP) is 3.52. The highest BCUT2D eigenvalue weighted by molar-refractivity contribution is 5.50. The molecule has 0 aliphatic carbocycles. The van der Waals surface area contributed by atoms with Crippen molar-refractivity contribution in [3.8, 4) is 0 Å². The standard InChI is InChI=1S/C18H27NO3/c1-18(2,3)22-13-16-8-5-9-19(16)15-7-4-6-14(12-15)17-20-10-11-21-17/h4,6-7,12,16-17H,5,8-11,13H2,1-3H3/t16-/m0/s1. The fourth-order valence-electron chi connectivity index (χ4n) is 3.10. The maximum Gasteiger partial charge on any atom is 0.184 e. The molecular weight excluding hydrogens is 278 g/mol. The van der Waals surface area contributed by atoms with Crippen molar-refractivity contribution >= 4 is 5.69 Å². The molecule has 1 atom stereocenters. The third kappa shape index (κ3) is 3.80. The average molecular weight is 305 g/mol. The van der Waals surface area contributed by atoms with Gasteiger partial charge in [-0.2, -0.15) is 0 Å². The van der Waals surface area contributed by atoms with E-state index in [2.05, 4.69) is 49.9 Å². The molecule has 0 N–H and O–H groups in total. The lowest BCUT2D eigenvalue weighted by Gasteiger charge is -2.30. The minimum absolute atomic E-state index is 0.0817. The first kappa shape index (κ1) is 15.8. The van der Waals surface area contributed by atoms with Crippen LogP contribution in [0.3, 0.4) is 0 Å². The van der Waals surface area contributed by atoms with Gasteiger partial charge < -0.3 is 19.1 Å². The van der Waals surface area contributed by atoms with Crippen molar-refractivity contribution in [2.75, 3.05) is 31.3 Å². The van der Waals surface area contributed by atoms with Crippen LogP contribution >= 0.6 is 0 Å². The van der Waals surface area contributed by atoms with Gasteiger partial charge in [0.15, 0.2) is 6.29 Å². The number of benzene rings is 1. The lowest BCUT2D eigenvalue weighted by Crippen LogP contribution is -2.36. The van der Waals surface area contributed by atoms with Crippen LogP contribution < -0.4 is 4.90 Å². The van der Waals surface area contributed by atoms with E-state index < -0.39 is 0 Å². The van der Waals surface area contributed by atoms with Gasteiger partial charge in [-0.25, -0.2) is 0 Å². The molecule has 22 heavy (non-hydrogen) atoms. The third-order valence-corrected chi connectivity index (χ3v) is 4.18. The second kappa shape index (κ2) is 6.57. The summed E-state index contributed by atoms with van der Waals surface area (Å²) in [5.41, 5.74) is 2.27. The van der Waals surface area contributed by atoms with Crippen LogP contribution in [0.5, 0.6) is 0 Å². The Labute approximate surface area is 133 Å². The van der Waals surface area contributed by atoms with E-state index in [1.807, 2.05) is 0 Å². The number of ether oxygens (including phenoxy) is 3. The predicted molar refractivity (Wildman–Crippen MR) is 87.2 cm³/mol. The van der Waals surface area contributed by atoms with Gasteiger partial charge in [-0.15, -0.1) is 0 Å². The normalized spacial score (nSPS) is 23.4. The molecule has 0 bridgehead atoms. The first-order valence-electron chi connectivity index (χ1n) is 8.27. The fourth-order valence-corrected chi connectivity index (χ4v) is 3.10. The molecule has 2 saturated heterocycles. The topological polar surface area (TPSA) is 30.9 Å². The number of hydrogen-bond donors (Lipinski definition) is 0. The molecule has 1 aromatic rings. The Morgan fingerprint density at radius 1 is 1.23 bits per heavy atom. The molecule has 3 rings (SSSR count). The van der Waals surface area contributed by atoms with Crippen LogP contribution in [-0.4, -0.2) is 38.0 Å². The largest absolute Gasteiger partial charge is 0.374 e. The van der Waals surface area contributed by atoms with Crippen molar-refractivity contribution in [3.63, 3.8) is 0 Å². The van der Waals surface area contributed by atoms with Crippen molar-refractivity contribution in [2.45, 2.75) is 51.5 Å². The average Bonchev–Trinajstić information content (AvgIpc) is 3.16. The number of hydrogen-bond acceptors (Lipinski definition) is 4. The first-order valence-corrected chi connectivity index (χ1v) is 8.27. The Kier molecular flexibility index (Phi) is 4.71. The van der Waals surface area contributed by atoms with Gasteiger partial charge in [0.2, 0.25) is 0 Å². The second-order valence-corrected chi connectivity index (χ2v) is 7.08. The maximum absolute atomic E-state index is 6.00. The van der Waals surface area contributed by atoms with E-state index in [0.717, 1.165) is 18.7 Å². The summed E-state index contributed by atoms with van der Waals surface area (Å²) in [4.78, 5) is 2.46. The van der Waals surface area contributed by atoms with Gasteiger partial charge in [0.05, 0.1) is 31.5 Å². The zero-order valence-electron chi connectivity index (χ0n) is 13.9. The maximum atomic E-state index is 6.00. The number of anilines is 1. The SMILES string of the molecule is CC(C)(C)OC[C@@H]1CCCN1c1cccc(C2OCCO2)c1. The highest BCUT2D eigenvalue weighted by Gasteiger charge is 2.27. The lowest BCUT2D eigenvalue weighted by atomic mass is 10.1. The van der Waals surface area contributed by atoms with Crippen LogP contribution in [-0.2, 0) is 14.2 Å². The Morgan fingerprint density at radius 2 is 2.00 bits per heavy atom. The van der Waals surface area contributed by atoms with E-state index in [1.165, 1.54) is 18.5 Å². The molecule has 4 heteroatoms. The Bertz CT molecular complexity index is 491. The van der Waals surface area contributed by atoms with Crippen LogP contribution in [0.4, 0.5) is 5.69 Å². The monoisotopic (exact) mass is 305 g/mol. The minimum atomic E-state index is -0.202. The molecule has 0 aromatic heterocycles. The summed E-state index contributed by atoms with van der Waals surface area (Å²) in [5, 5.41) is 0. The van der Waals surface area contributed by atoms with Crippen LogP contribution in [0.1, 0.15) is 45.5 Å². The Balaban J connectivity index is 1.70. The van der Waals surface area contributed by atoms with Crippen LogP contribution in [0.2, 0.25) is 0 Å². The summed E-state index contributed by atoms with van der Waals surface area (Å²) in [5.74, 6) is 0. The van der Waals surface area contributed by atoms with E-state index in [9.17, 15) is 0 Å². The number of rotatable bonds is 4. The van der Waals surface area contributed by atoms with E-state index in [4.69, 9.17) is 14.2 Å². The van der Waals surface area contributed by atoms with Crippen molar-refractivity contribution in [1.29, 1.82) is 0 Å². The molecule has 122 valence electrons. The van der Waals surface area contributed by atoms with E-state index in [1.54, 1.807) is 0 Å². The molecular formula is C18H27NO3. The van der Waals surface area contributed by atoms with Gasteiger partial charge in [-0.05, 0) is 45.7 Å². The fraction of sp³-hybridized carbons (Fsp3) is 0.667. The van der Waals surface area contributed by atoms with Gasteiger partial charge in [0, 0.05) is 17.8 Å². The molecule has 1 aromatic carbocycles. The van der Waals surface area contributed by atoms with Gasteiger partial charge in [-0.1, -0.05) is 12.1 Å². The van der Waals surface area contributed by atoms with E-state index in [0.29, 0.717) is 19.3 Å². The molecule has 0 unspecified atom stereocenters. The first-order chi connectivity index (χ1) is 10.5. The molecule has 2 aliphatic rings. The lowest BCUT2D eigenvalue weighted by molar-refractivity contribution is -0.0440. The molecule has 4 nitrogen and oxygen atoms in total. The summed E-state index contributed by atoms with van der Waals surface area (Å²) in [7, 11) is 0. The van der Waals surface area contributed by atoms with Crippen molar-refractivity contribution in [2.24, 2.45) is 0 Å². The molecule has 0 radical (unpaired) electrons. The zero-order chi connectivity index (χ0) is 15.6. The van der Waals surface area contributed by atoms with E-state index >= 15 is 0 Å². The summed E-state index contributed by atoms with van der Waals surface area (Å²) in [6.45, 7) is 9.57. The minimum Gasteiger partial charge on any atom is -0.374 e. The Hall–Kier alpha value is -1.10. The second-order valence-electron chi connectivity index (χ2n) is 7.08. The highest BCUT2D eigenvalue weighted by Crippen LogP contribution is 2.31. The van der Waals surface area contributed by atoms with Crippen molar-refractivity contribution in [3.05, 3.63) is 29.8 Å². The summed E-state index contributed by atoms with van der Waals surface area (Å²) >= 11 is 0. The summed E-state index contributed by atoms with van der Waals surface area (Å²) < 4.78 is 17.2. The zero-order valence-corrected chi connectivity index (χ0v) is 13.9. The summed E-state index contributed by atoms with van der Waals surface area (Å²) in [6.07, 6.45) is 2.21. The van der Waals surface area contributed by atoms with Crippen LogP contribution in [0, 0.1) is 0 Å². The quantitative estimate of drug-likeness (QED) is 0.851. The highest BCUT2D eigenvalue weighted by atomic mass is 16.7. The molecule has 2 heterocycles. The molecule has 2 aliphatic heterocycles. The molecule has 0 amide bonds. The smallest absolute Gasteiger partial charge is 0.184 e. The number of nitrogens with zero attached hydrogens (tertiary/aromatic N) is 1.